The maximum atomic E-state index is 9.16. The highest BCUT2D eigenvalue weighted by atomic mass is 35.5. The highest BCUT2D eigenvalue weighted by Gasteiger charge is 2.22. The van der Waals surface area contributed by atoms with Crippen LogP contribution in [-0.4, -0.2) is 37.5 Å². The minimum atomic E-state index is 0.0388. The normalized spacial score (nSPS) is 19.2. The maximum absolute atomic E-state index is 9.16. The van der Waals surface area contributed by atoms with Crippen LogP contribution in [0, 0.1) is 11.3 Å². The van der Waals surface area contributed by atoms with Gasteiger partial charge in [-0.15, -0.1) is 0 Å². The van der Waals surface area contributed by atoms with Crippen molar-refractivity contribution < 1.29 is 9.84 Å². The van der Waals surface area contributed by atoms with Crippen molar-refractivity contribution in [3.63, 3.8) is 0 Å². The van der Waals surface area contributed by atoms with Crippen LogP contribution in [0.2, 0.25) is 5.02 Å². The Balaban J connectivity index is 2.13. The fourth-order valence-electron chi connectivity index (χ4n) is 2.37. The molecule has 0 unspecified atom stereocenters. The number of aliphatic hydroxyl groups excluding tert-OH is 1. The number of piperidine rings is 1. The molecular formula is C14H17ClN2O2. The molecule has 4 nitrogen and oxygen atoms in total. The molecule has 0 spiro atoms. The van der Waals surface area contributed by atoms with Gasteiger partial charge in [-0.3, -0.25) is 0 Å². The van der Waals surface area contributed by atoms with Gasteiger partial charge < -0.3 is 14.7 Å². The molecule has 1 atom stereocenters. The predicted molar refractivity (Wildman–Crippen MR) is 74.4 cm³/mol. The van der Waals surface area contributed by atoms with E-state index < -0.39 is 0 Å². The van der Waals surface area contributed by atoms with Crippen LogP contribution < -0.4 is 4.90 Å². The number of ether oxygens (including phenoxy) is 1. The Morgan fingerprint density at radius 3 is 3.11 bits per heavy atom. The van der Waals surface area contributed by atoms with E-state index in [4.69, 9.17) is 26.7 Å². The van der Waals surface area contributed by atoms with Crippen LogP contribution in [0.1, 0.15) is 18.4 Å². The quantitative estimate of drug-likeness (QED) is 0.918. The highest BCUT2D eigenvalue weighted by molar-refractivity contribution is 6.30. The summed E-state index contributed by atoms with van der Waals surface area (Å²) < 4.78 is 5.58. The minimum Gasteiger partial charge on any atom is -0.394 e. The number of aliphatic hydroxyl groups is 1. The number of anilines is 1. The average molecular weight is 281 g/mol. The van der Waals surface area contributed by atoms with Crippen molar-refractivity contribution in [1.82, 2.24) is 0 Å². The van der Waals surface area contributed by atoms with Crippen LogP contribution in [0.25, 0.3) is 0 Å². The summed E-state index contributed by atoms with van der Waals surface area (Å²) in [6.07, 6.45) is 2.10. The lowest BCUT2D eigenvalue weighted by atomic mass is 10.1. The van der Waals surface area contributed by atoms with E-state index in [1.807, 2.05) is 6.07 Å². The summed E-state index contributed by atoms with van der Waals surface area (Å²) in [6, 6.07) is 7.50. The summed E-state index contributed by atoms with van der Waals surface area (Å²) >= 11 is 6.01. The van der Waals surface area contributed by atoms with Gasteiger partial charge in [-0.05, 0) is 31.0 Å². The first-order valence-electron chi connectivity index (χ1n) is 6.41. The molecule has 1 aromatic rings. The van der Waals surface area contributed by atoms with Crippen LogP contribution >= 0.6 is 11.6 Å². The Morgan fingerprint density at radius 2 is 2.37 bits per heavy atom. The van der Waals surface area contributed by atoms with E-state index in [2.05, 4.69) is 11.0 Å². The zero-order chi connectivity index (χ0) is 13.7. The fourth-order valence-corrected chi connectivity index (χ4v) is 2.54. The topological polar surface area (TPSA) is 56.5 Å². The van der Waals surface area contributed by atoms with E-state index >= 15 is 0 Å². The first kappa shape index (κ1) is 14.1. The van der Waals surface area contributed by atoms with Crippen LogP contribution in [0.3, 0.4) is 0 Å². The molecule has 1 aromatic carbocycles. The molecule has 1 aliphatic rings. The molecule has 0 aromatic heterocycles. The van der Waals surface area contributed by atoms with Gasteiger partial charge in [-0.25, -0.2) is 0 Å². The van der Waals surface area contributed by atoms with Crippen LogP contribution in [0.15, 0.2) is 18.2 Å². The molecule has 0 saturated carbocycles. The van der Waals surface area contributed by atoms with Crippen LogP contribution in [-0.2, 0) is 4.74 Å². The third-order valence-electron chi connectivity index (χ3n) is 3.24. The number of hydrogen-bond acceptors (Lipinski definition) is 4. The van der Waals surface area contributed by atoms with E-state index in [1.54, 1.807) is 12.1 Å². The summed E-state index contributed by atoms with van der Waals surface area (Å²) in [5.74, 6) is 0. The lowest BCUT2D eigenvalue weighted by Crippen LogP contribution is -2.40. The van der Waals surface area contributed by atoms with E-state index in [1.165, 1.54) is 0 Å². The molecule has 1 heterocycles. The Morgan fingerprint density at radius 1 is 1.53 bits per heavy atom. The van der Waals surface area contributed by atoms with Crippen molar-refractivity contribution in [3.05, 3.63) is 28.8 Å². The van der Waals surface area contributed by atoms with E-state index in [0.29, 0.717) is 17.2 Å². The monoisotopic (exact) mass is 280 g/mol. The Bertz CT molecular complexity index is 473. The van der Waals surface area contributed by atoms with Gasteiger partial charge in [-0.2, -0.15) is 5.26 Å². The van der Waals surface area contributed by atoms with Crippen molar-refractivity contribution >= 4 is 17.3 Å². The molecule has 0 amide bonds. The summed E-state index contributed by atoms with van der Waals surface area (Å²) in [5, 5.41) is 18.6. The largest absolute Gasteiger partial charge is 0.394 e. The number of halogens is 1. The van der Waals surface area contributed by atoms with Crippen molar-refractivity contribution in [2.75, 3.05) is 31.2 Å². The van der Waals surface area contributed by atoms with Crippen LogP contribution in [0.4, 0.5) is 5.69 Å². The molecule has 19 heavy (non-hydrogen) atoms. The summed E-state index contributed by atoms with van der Waals surface area (Å²) in [5.41, 5.74) is 1.50. The number of nitriles is 1. The first-order chi connectivity index (χ1) is 9.24. The van der Waals surface area contributed by atoms with E-state index in [9.17, 15) is 0 Å². The zero-order valence-corrected chi connectivity index (χ0v) is 11.4. The number of hydrogen-bond donors (Lipinski definition) is 1. The molecule has 1 fully saturated rings. The second kappa shape index (κ2) is 6.76. The molecule has 0 aliphatic carbocycles. The van der Waals surface area contributed by atoms with Gasteiger partial charge in [0.25, 0.3) is 0 Å². The molecule has 2 rings (SSSR count). The Labute approximate surface area is 118 Å². The molecule has 1 saturated heterocycles. The van der Waals surface area contributed by atoms with Gasteiger partial charge in [0.1, 0.15) is 6.07 Å². The van der Waals surface area contributed by atoms with Crippen molar-refractivity contribution in [1.29, 1.82) is 5.26 Å². The Kier molecular flexibility index (Phi) is 5.03. The fraction of sp³-hybridized carbons (Fsp3) is 0.500. The molecule has 0 radical (unpaired) electrons. The van der Waals surface area contributed by atoms with Crippen molar-refractivity contribution in [3.8, 4) is 6.07 Å². The second-order valence-electron chi connectivity index (χ2n) is 4.58. The molecule has 102 valence electrons. The van der Waals surface area contributed by atoms with E-state index in [0.717, 1.165) is 31.6 Å². The minimum absolute atomic E-state index is 0.0388. The van der Waals surface area contributed by atoms with Gasteiger partial charge in [-0.1, -0.05) is 11.6 Å². The van der Waals surface area contributed by atoms with E-state index in [-0.39, 0.29) is 12.7 Å². The smallest absolute Gasteiger partial charge is 0.101 e. The number of nitrogens with zero attached hydrogens (tertiary/aromatic N) is 2. The summed E-state index contributed by atoms with van der Waals surface area (Å²) in [7, 11) is 0. The SMILES string of the molecule is N#Cc1ccc(Cl)cc1N1CCC[C@@H](OCCO)C1. The van der Waals surface area contributed by atoms with Gasteiger partial charge in [0.15, 0.2) is 0 Å². The molecule has 1 N–H and O–H groups in total. The number of benzene rings is 1. The third kappa shape index (κ3) is 3.60. The molecule has 5 heteroatoms. The zero-order valence-electron chi connectivity index (χ0n) is 10.7. The van der Waals surface area contributed by atoms with Gasteiger partial charge in [0, 0.05) is 18.1 Å². The first-order valence-corrected chi connectivity index (χ1v) is 6.79. The lowest BCUT2D eigenvalue weighted by molar-refractivity contribution is 0.0214. The second-order valence-corrected chi connectivity index (χ2v) is 5.01. The predicted octanol–water partition coefficient (Wildman–Crippen LogP) is 2.19. The standard InChI is InChI=1S/C14H17ClN2O2/c15-12-4-3-11(9-16)14(8-12)17-5-1-2-13(10-17)19-7-6-18/h3-4,8,13,18H,1-2,5-7,10H2/t13-/m1/s1. The van der Waals surface area contributed by atoms with Crippen molar-refractivity contribution in [2.24, 2.45) is 0 Å². The maximum Gasteiger partial charge on any atom is 0.101 e. The summed E-state index contributed by atoms with van der Waals surface area (Å²) in [6.45, 7) is 2.03. The lowest BCUT2D eigenvalue weighted by Gasteiger charge is -2.34. The Hall–Kier alpha value is -1.28. The van der Waals surface area contributed by atoms with Gasteiger partial charge in [0.05, 0.1) is 30.6 Å². The number of rotatable bonds is 4. The third-order valence-corrected chi connectivity index (χ3v) is 3.48. The van der Waals surface area contributed by atoms with Gasteiger partial charge in [0.2, 0.25) is 0 Å². The van der Waals surface area contributed by atoms with Crippen molar-refractivity contribution in [2.45, 2.75) is 18.9 Å². The molecular weight excluding hydrogens is 264 g/mol. The molecule has 0 bridgehead atoms. The van der Waals surface area contributed by atoms with Gasteiger partial charge >= 0.3 is 0 Å². The highest BCUT2D eigenvalue weighted by Crippen LogP contribution is 2.27. The van der Waals surface area contributed by atoms with Crippen LogP contribution in [0.5, 0.6) is 0 Å². The average Bonchev–Trinajstić information content (AvgIpc) is 2.45. The summed E-state index contributed by atoms with van der Waals surface area (Å²) in [4.78, 5) is 2.13. The molecule has 1 aliphatic heterocycles.